The van der Waals surface area contributed by atoms with E-state index < -0.39 is 0 Å². The number of likely N-dealkylation sites (N-methyl/N-ethyl adjacent to an activating group) is 1. The van der Waals surface area contributed by atoms with E-state index in [2.05, 4.69) is 5.32 Å². The molecule has 0 radical (unpaired) electrons. The first kappa shape index (κ1) is 17.1. The van der Waals surface area contributed by atoms with Crippen LogP contribution in [0.1, 0.15) is 5.56 Å². The molecule has 0 aliphatic rings. The number of rotatable bonds is 5. The van der Waals surface area contributed by atoms with Gasteiger partial charge in [0, 0.05) is 6.54 Å². The van der Waals surface area contributed by atoms with Gasteiger partial charge in [-0.05, 0) is 24.7 Å². The summed E-state index contributed by atoms with van der Waals surface area (Å²) in [5.41, 5.74) is 1.60. The summed E-state index contributed by atoms with van der Waals surface area (Å²) in [5.74, 6) is -0.168. The average Bonchev–Trinajstić information content (AvgIpc) is 2.45. The average molecular weight is 358 g/mol. The van der Waals surface area contributed by atoms with Crippen LogP contribution in [-0.2, 0) is 11.3 Å². The Bertz CT molecular complexity index is 662. The molecule has 0 spiro atoms. The topological polar surface area (TPSA) is 32.3 Å². The number of amides is 1. The maximum Gasteiger partial charge on any atom is 0.238 e. The van der Waals surface area contributed by atoms with E-state index in [4.69, 9.17) is 34.8 Å². The predicted octanol–water partition coefficient (Wildman–Crippen LogP) is 4.72. The summed E-state index contributed by atoms with van der Waals surface area (Å²) in [7, 11) is 1.88. The van der Waals surface area contributed by atoms with Crippen LogP contribution in [0.25, 0.3) is 0 Å². The number of halogens is 3. The molecule has 2 aromatic rings. The highest BCUT2D eigenvalue weighted by molar-refractivity contribution is 6.44. The zero-order chi connectivity index (χ0) is 16.1. The van der Waals surface area contributed by atoms with E-state index in [1.807, 2.05) is 42.3 Å². The molecule has 2 aromatic carbocycles. The van der Waals surface area contributed by atoms with Crippen LogP contribution in [0.3, 0.4) is 0 Å². The van der Waals surface area contributed by atoms with Crippen molar-refractivity contribution in [1.82, 2.24) is 4.90 Å². The lowest BCUT2D eigenvalue weighted by Crippen LogP contribution is -2.29. The minimum Gasteiger partial charge on any atom is -0.324 e. The number of nitrogens with one attached hydrogen (secondary N) is 1. The number of carbonyl (C=O) groups is 1. The first-order valence-electron chi connectivity index (χ1n) is 6.62. The van der Waals surface area contributed by atoms with E-state index in [9.17, 15) is 4.79 Å². The van der Waals surface area contributed by atoms with Crippen molar-refractivity contribution in [3.8, 4) is 0 Å². The number of benzene rings is 2. The molecule has 0 heterocycles. The van der Waals surface area contributed by atoms with E-state index in [0.717, 1.165) is 5.56 Å². The van der Waals surface area contributed by atoms with Gasteiger partial charge in [-0.25, -0.2) is 0 Å². The Morgan fingerprint density at radius 1 is 1.05 bits per heavy atom. The highest BCUT2D eigenvalue weighted by atomic mass is 35.5. The summed E-state index contributed by atoms with van der Waals surface area (Å²) in [5, 5.41) is 3.79. The minimum absolute atomic E-state index is 0.168. The molecule has 0 unspecified atom stereocenters. The molecular weight excluding hydrogens is 343 g/mol. The highest BCUT2D eigenvalue weighted by Gasteiger charge is 2.11. The maximum atomic E-state index is 12.1. The highest BCUT2D eigenvalue weighted by Crippen LogP contribution is 2.32. The van der Waals surface area contributed by atoms with Crippen molar-refractivity contribution in [3.63, 3.8) is 0 Å². The second-order valence-corrected chi connectivity index (χ2v) is 6.17. The van der Waals surface area contributed by atoms with Crippen molar-refractivity contribution in [2.75, 3.05) is 18.9 Å². The SMILES string of the molecule is CN(CC(=O)Nc1cc(Cl)c(Cl)cc1Cl)Cc1ccccc1. The lowest BCUT2D eigenvalue weighted by Gasteiger charge is -2.17. The number of hydrogen-bond acceptors (Lipinski definition) is 2. The first-order valence-corrected chi connectivity index (χ1v) is 7.76. The molecule has 0 aliphatic heterocycles. The number of nitrogens with zero attached hydrogens (tertiary/aromatic N) is 1. The first-order chi connectivity index (χ1) is 10.5. The fourth-order valence-electron chi connectivity index (χ4n) is 2.00. The van der Waals surface area contributed by atoms with E-state index in [1.54, 1.807) is 6.07 Å². The standard InChI is InChI=1S/C16H15Cl3N2O/c1-21(9-11-5-3-2-4-6-11)10-16(22)20-15-8-13(18)12(17)7-14(15)19/h2-8H,9-10H2,1H3,(H,20,22). The number of anilines is 1. The van der Waals surface area contributed by atoms with Crippen LogP contribution in [0.5, 0.6) is 0 Å². The van der Waals surface area contributed by atoms with Crippen molar-refractivity contribution in [2.45, 2.75) is 6.54 Å². The van der Waals surface area contributed by atoms with Gasteiger partial charge in [-0.15, -0.1) is 0 Å². The number of hydrogen-bond donors (Lipinski definition) is 1. The molecule has 1 N–H and O–H groups in total. The lowest BCUT2D eigenvalue weighted by atomic mass is 10.2. The summed E-state index contributed by atoms with van der Waals surface area (Å²) < 4.78 is 0. The Hall–Kier alpha value is -1.26. The molecule has 6 heteroatoms. The Morgan fingerprint density at radius 2 is 1.68 bits per heavy atom. The van der Waals surface area contributed by atoms with Crippen LogP contribution in [0.4, 0.5) is 5.69 Å². The third kappa shape index (κ3) is 4.89. The van der Waals surface area contributed by atoms with E-state index in [-0.39, 0.29) is 12.5 Å². The van der Waals surface area contributed by atoms with Crippen LogP contribution in [0, 0.1) is 0 Å². The lowest BCUT2D eigenvalue weighted by molar-refractivity contribution is -0.117. The van der Waals surface area contributed by atoms with Gasteiger partial charge in [-0.3, -0.25) is 9.69 Å². The van der Waals surface area contributed by atoms with Crippen LogP contribution in [0.15, 0.2) is 42.5 Å². The monoisotopic (exact) mass is 356 g/mol. The predicted molar refractivity (Wildman–Crippen MR) is 92.9 cm³/mol. The third-order valence-corrected chi connectivity index (χ3v) is 4.03. The molecule has 1 amide bonds. The fourth-order valence-corrected chi connectivity index (χ4v) is 2.60. The summed E-state index contributed by atoms with van der Waals surface area (Å²) in [6.07, 6.45) is 0. The molecule has 22 heavy (non-hydrogen) atoms. The quantitative estimate of drug-likeness (QED) is 0.785. The minimum atomic E-state index is -0.168. The molecule has 0 atom stereocenters. The summed E-state index contributed by atoms with van der Waals surface area (Å²) in [6.45, 7) is 0.925. The van der Waals surface area contributed by atoms with Crippen molar-refractivity contribution in [1.29, 1.82) is 0 Å². The van der Waals surface area contributed by atoms with E-state index in [0.29, 0.717) is 27.3 Å². The van der Waals surface area contributed by atoms with Crippen LogP contribution in [-0.4, -0.2) is 24.4 Å². The molecule has 3 nitrogen and oxygen atoms in total. The van der Waals surface area contributed by atoms with Crippen LogP contribution >= 0.6 is 34.8 Å². The second kappa shape index (κ2) is 7.84. The smallest absolute Gasteiger partial charge is 0.238 e. The Morgan fingerprint density at radius 3 is 2.36 bits per heavy atom. The third-order valence-electron chi connectivity index (χ3n) is 2.99. The van der Waals surface area contributed by atoms with Gasteiger partial charge in [0.05, 0.1) is 27.3 Å². The molecular formula is C16H15Cl3N2O. The van der Waals surface area contributed by atoms with Gasteiger partial charge in [0.2, 0.25) is 5.91 Å². The molecule has 0 bridgehead atoms. The van der Waals surface area contributed by atoms with Crippen molar-refractivity contribution < 1.29 is 4.79 Å². The van der Waals surface area contributed by atoms with Gasteiger partial charge in [0.1, 0.15) is 0 Å². The number of carbonyl (C=O) groups excluding carboxylic acids is 1. The van der Waals surface area contributed by atoms with E-state index >= 15 is 0 Å². The van der Waals surface area contributed by atoms with Gasteiger partial charge < -0.3 is 5.32 Å². The Kier molecular flexibility index (Phi) is 6.09. The van der Waals surface area contributed by atoms with Gasteiger partial charge in [-0.1, -0.05) is 65.1 Å². The zero-order valence-corrected chi connectivity index (χ0v) is 14.2. The van der Waals surface area contributed by atoms with Crippen LogP contribution in [0.2, 0.25) is 15.1 Å². The molecule has 0 aromatic heterocycles. The molecule has 0 fully saturated rings. The summed E-state index contributed by atoms with van der Waals surface area (Å²) in [4.78, 5) is 14.0. The summed E-state index contributed by atoms with van der Waals surface area (Å²) >= 11 is 17.8. The van der Waals surface area contributed by atoms with Crippen molar-refractivity contribution in [2.24, 2.45) is 0 Å². The molecule has 2 rings (SSSR count). The van der Waals surface area contributed by atoms with Gasteiger partial charge in [-0.2, -0.15) is 0 Å². The Balaban J connectivity index is 1.94. The fraction of sp³-hybridized carbons (Fsp3) is 0.188. The summed E-state index contributed by atoms with van der Waals surface area (Å²) in [6, 6.07) is 13.0. The van der Waals surface area contributed by atoms with Gasteiger partial charge in [0.25, 0.3) is 0 Å². The van der Waals surface area contributed by atoms with Crippen molar-refractivity contribution >= 4 is 46.4 Å². The van der Waals surface area contributed by atoms with Gasteiger partial charge in [0.15, 0.2) is 0 Å². The van der Waals surface area contributed by atoms with Gasteiger partial charge >= 0.3 is 0 Å². The molecule has 116 valence electrons. The van der Waals surface area contributed by atoms with E-state index in [1.165, 1.54) is 6.07 Å². The second-order valence-electron chi connectivity index (χ2n) is 4.95. The molecule has 0 aliphatic carbocycles. The van der Waals surface area contributed by atoms with Crippen LogP contribution < -0.4 is 5.32 Å². The normalized spacial score (nSPS) is 10.8. The molecule has 0 saturated heterocycles. The zero-order valence-electron chi connectivity index (χ0n) is 11.9. The maximum absolute atomic E-state index is 12.1. The van der Waals surface area contributed by atoms with Crippen molar-refractivity contribution in [3.05, 3.63) is 63.1 Å². The Labute approximate surface area is 144 Å². The molecule has 0 saturated carbocycles. The largest absolute Gasteiger partial charge is 0.324 e.